The Morgan fingerprint density at radius 1 is 0.294 bits per heavy atom. The molecule has 0 radical (unpaired) electrons. The Kier molecular flexibility index (Phi) is 44.1. The van der Waals surface area contributed by atoms with Crippen molar-refractivity contribution in [1.82, 2.24) is 0 Å². The first-order valence-corrected chi connectivity index (χ1v) is 41.3. The predicted molar refractivity (Wildman–Crippen MR) is 444 cm³/mol. The molecule has 8 rings (SSSR count). The Hall–Kier alpha value is -4.08. The van der Waals surface area contributed by atoms with Gasteiger partial charge >= 0.3 is 0 Å². The minimum absolute atomic E-state index is 0.0299. The van der Waals surface area contributed by atoms with Gasteiger partial charge in [-0.05, 0) is 303 Å². The Bertz CT molecular complexity index is 2510. The molecular weight excluding hydrogens is 1260 g/mol. The fourth-order valence-corrected chi connectivity index (χ4v) is 12.7. The zero-order chi connectivity index (χ0) is 77.5. The summed E-state index contributed by atoms with van der Waals surface area (Å²) in [5.74, 6) is 5.30. The number of benzene rings is 4. The topological polar surface area (TPSA) is 73.8 Å². The number of hydrogen-bond acceptors (Lipinski definition) is 8. The van der Waals surface area contributed by atoms with Crippen LogP contribution < -0.4 is 18.9 Å². The van der Waals surface area contributed by atoms with Crippen LogP contribution in [0, 0.1) is 0 Å². The lowest BCUT2D eigenvalue weighted by Gasteiger charge is -2.29. The van der Waals surface area contributed by atoms with E-state index in [-0.39, 0.29) is 55.6 Å². The van der Waals surface area contributed by atoms with Gasteiger partial charge in [-0.1, -0.05) is 199 Å². The summed E-state index contributed by atoms with van der Waals surface area (Å²) in [6.45, 7) is 57.4. The molecule has 4 aromatic rings. The summed E-state index contributed by atoms with van der Waals surface area (Å²) in [6.07, 6.45) is 33.6. The molecule has 4 aromatic carbocycles. The maximum Gasteiger partial charge on any atom is 0.120 e. The highest BCUT2D eigenvalue weighted by atomic mass is 16.5. The zero-order valence-electron chi connectivity index (χ0n) is 72.5. The van der Waals surface area contributed by atoms with Crippen LogP contribution in [-0.2, 0) is 29.8 Å². The van der Waals surface area contributed by atoms with Crippen LogP contribution >= 0.6 is 0 Å². The molecule has 0 aromatic heterocycles. The van der Waals surface area contributed by atoms with Gasteiger partial charge in [-0.3, -0.25) is 0 Å². The number of methoxy groups -OCH3 is 4. The fraction of sp³-hybridized carbons (Fsp3) is 0.745. The highest BCUT2D eigenvalue weighted by Gasteiger charge is 2.33. The van der Waals surface area contributed by atoms with E-state index < -0.39 is 0 Å². The molecule has 0 amide bonds. The number of ether oxygens (including phenoxy) is 8. The maximum atomic E-state index is 6.16. The van der Waals surface area contributed by atoms with Gasteiger partial charge in [-0.2, -0.15) is 0 Å². The van der Waals surface area contributed by atoms with Crippen LogP contribution in [0.15, 0.2) is 97.1 Å². The van der Waals surface area contributed by atoms with E-state index in [1.807, 2.05) is 14.2 Å². The van der Waals surface area contributed by atoms with Crippen molar-refractivity contribution < 1.29 is 37.9 Å². The maximum absolute atomic E-state index is 6.16. The minimum Gasteiger partial charge on any atom is -0.488 e. The molecule has 4 saturated carbocycles. The molecule has 8 heteroatoms. The van der Waals surface area contributed by atoms with Crippen molar-refractivity contribution in [3.05, 3.63) is 119 Å². The lowest BCUT2D eigenvalue weighted by molar-refractivity contribution is -0.000379. The third-order valence-corrected chi connectivity index (χ3v) is 25.2. The standard InChI is InChI=1S/C17H26O.C17H28O.C16H24O.C16H26O.2C7H14O.2C7H16O/c1-5-16(2,3)14-8-10-15(11-9-14)18-17(4)12-6-7-13-17;1-7-16(4,5)14-10-12-15(13-11-14)18-17(6,8-2)9-3;1-4-13(2)14-7-9-15(10-8-14)17-16(3)11-5-6-12-16;1-6-13(4)14-9-11-15(12-10-14)17-16(5,7-2)8-3;2*1-7(8-2)5-3-4-6-7;2*1-5-7(3,6-2)8-4/h8-11H,5-7,12-13H2,1-4H3;10-13H,7-9H2,1-6H3;7-10,13H,4-6,11-12H2,1-3H3;9-13H,6-8H2,1-5H3;2*3-6H2,1-2H3;2*5-6H2,1-4H3. The normalized spacial score (nSPS) is 17.2. The second kappa shape index (κ2) is 46.9. The highest BCUT2D eigenvalue weighted by Crippen LogP contribution is 2.39. The first-order chi connectivity index (χ1) is 47.9. The zero-order valence-corrected chi connectivity index (χ0v) is 72.5. The summed E-state index contributed by atoms with van der Waals surface area (Å²) >= 11 is 0. The van der Waals surface area contributed by atoms with Gasteiger partial charge in [0.25, 0.3) is 0 Å². The summed E-state index contributed by atoms with van der Waals surface area (Å²) in [6, 6.07) is 34.6. The van der Waals surface area contributed by atoms with E-state index in [0.29, 0.717) is 11.8 Å². The van der Waals surface area contributed by atoms with Gasteiger partial charge in [-0.25, -0.2) is 0 Å². The minimum atomic E-state index is -0.0399. The second-order valence-corrected chi connectivity index (χ2v) is 33.8. The summed E-state index contributed by atoms with van der Waals surface area (Å²) < 4.78 is 45.5. The van der Waals surface area contributed by atoms with Crippen LogP contribution in [0.4, 0.5) is 0 Å². The van der Waals surface area contributed by atoms with Crippen molar-refractivity contribution in [2.24, 2.45) is 0 Å². The Labute approximate surface area is 632 Å². The molecule has 4 aliphatic rings. The van der Waals surface area contributed by atoms with Gasteiger partial charge in [-0.15, -0.1) is 0 Å². The molecule has 0 spiro atoms. The molecule has 0 heterocycles. The summed E-state index contributed by atoms with van der Waals surface area (Å²) in [5.41, 5.74) is 6.90. The molecule has 0 saturated heterocycles. The van der Waals surface area contributed by atoms with Crippen molar-refractivity contribution in [3.8, 4) is 23.0 Å². The van der Waals surface area contributed by atoms with E-state index >= 15 is 0 Å². The Balaban J connectivity index is 0.000000597. The lowest BCUT2D eigenvalue weighted by atomic mass is 9.82. The van der Waals surface area contributed by atoms with Gasteiger partial charge in [0.05, 0.1) is 22.4 Å². The van der Waals surface area contributed by atoms with Crippen LogP contribution in [0.1, 0.15) is 394 Å². The predicted octanol–water partition coefficient (Wildman–Crippen LogP) is 28.8. The van der Waals surface area contributed by atoms with E-state index in [1.165, 1.54) is 138 Å². The Morgan fingerprint density at radius 2 is 0.510 bits per heavy atom. The van der Waals surface area contributed by atoms with Crippen LogP contribution in [0.2, 0.25) is 0 Å². The largest absolute Gasteiger partial charge is 0.488 e. The smallest absolute Gasteiger partial charge is 0.120 e. The quantitative estimate of drug-likeness (QED) is 0.0557. The molecule has 2 atom stereocenters. The SMILES string of the molecule is CCC(C)(C)c1ccc(OC2(C)CCCC2)cc1.CCC(C)(CC)OC.CCC(C)(CC)OC.CCC(C)(CC)Oc1ccc(C(C)(C)CC)cc1.CCC(C)c1ccc(OC(C)(CC)CC)cc1.CCC(C)c1ccc(OC2(C)CCCC2)cc1.COC1(C)CCCC1.COC1(C)CCCC1. The second-order valence-electron chi connectivity index (χ2n) is 33.8. The first-order valence-electron chi connectivity index (χ1n) is 41.3. The molecule has 0 aliphatic heterocycles. The van der Waals surface area contributed by atoms with E-state index in [2.05, 4.69) is 277 Å². The summed E-state index contributed by atoms with van der Waals surface area (Å²) in [5, 5.41) is 0. The van der Waals surface area contributed by atoms with Crippen molar-refractivity contribution >= 4 is 0 Å². The van der Waals surface area contributed by atoms with E-state index in [0.717, 1.165) is 87.2 Å². The fourth-order valence-electron chi connectivity index (χ4n) is 12.7. The summed E-state index contributed by atoms with van der Waals surface area (Å²) in [4.78, 5) is 0. The number of hydrogen-bond donors (Lipinski definition) is 0. The van der Waals surface area contributed by atoms with E-state index in [1.54, 1.807) is 14.2 Å². The molecule has 588 valence electrons. The lowest BCUT2D eigenvalue weighted by Crippen LogP contribution is -2.30. The van der Waals surface area contributed by atoms with Crippen molar-refractivity contribution in [3.63, 3.8) is 0 Å². The third-order valence-electron chi connectivity index (χ3n) is 25.2. The summed E-state index contributed by atoms with van der Waals surface area (Å²) in [7, 11) is 7.16. The average Bonchev–Trinajstić information content (AvgIpc) is 1.54. The molecule has 4 fully saturated rings. The molecule has 102 heavy (non-hydrogen) atoms. The van der Waals surface area contributed by atoms with Crippen LogP contribution in [-0.4, -0.2) is 73.2 Å². The van der Waals surface area contributed by atoms with Crippen molar-refractivity contribution in [1.29, 1.82) is 0 Å². The Morgan fingerprint density at radius 3 is 0.696 bits per heavy atom. The number of rotatable bonds is 28. The van der Waals surface area contributed by atoms with Gasteiger partial charge in [0, 0.05) is 28.4 Å². The van der Waals surface area contributed by atoms with Crippen molar-refractivity contribution in [2.45, 2.75) is 427 Å². The monoisotopic (exact) mass is 1420 g/mol. The van der Waals surface area contributed by atoms with Crippen LogP contribution in [0.5, 0.6) is 23.0 Å². The first kappa shape index (κ1) is 95.9. The van der Waals surface area contributed by atoms with Gasteiger partial charge < -0.3 is 37.9 Å². The molecule has 8 nitrogen and oxygen atoms in total. The average molecular weight is 1420 g/mol. The van der Waals surface area contributed by atoms with Crippen molar-refractivity contribution in [2.75, 3.05) is 28.4 Å². The van der Waals surface area contributed by atoms with E-state index in [4.69, 9.17) is 37.9 Å². The highest BCUT2D eigenvalue weighted by molar-refractivity contribution is 5.34. The van der Waals surface area contributed by atoms with Gasteiger partial charge in [0.2, 0.25) is 0 Å². The molecule has 0 bridgehead atoms. The van der Waals surface area contributed by atoms with Crippen LogP contribution in [0.3, 0.4) is 0 Å². The molecule has 0 N–H and O–H groups in total. The third kappa shape index (κ3) is 34.7. The van der Waals surface area contributed by atoms with Crippen LogP contribution in [0.25, 0.3) is 0 Å². The van der Waals surface area contributed by atoms with E-state index in [9.17, 15) is 0 Å². The van der Waals surface area contributed by atoms with Gasteiger partial charge in [0.1, 0.15) is 45.4 Å². The molecular formula is C94H164O8. The molecule has 2 unspecified atom stereocenters. The molecule has 4 aliphatic carbocycles. The van der Waals surface area contributed by atoms with Gasteiger partial charge in [0.15, 0.2) is 0 Å².